The van der Waals surface area contributed by atoms with Gasteiger partial charge in [0.15, 0.2) is 0 Å². The molecule has 18 heavy (non-hydrogen) atoms. The lowest BCUT2D eigenvalue weighted by atomic mass is 10.5. The Bertz CT molecular complexity index is 550. The molecule has 0 bridgehead atoms. The molecule has 0 radical (unpaired) electrons. The Hall–Kier alpha value is -0.690. The maximum Gasteiger partial charge on any atom is 0.246 e. The number of nitrogens with zero attached hydrogens (tertiary/aromatic N) is 2. The first kappa shape index (κ1) is 15.4. The van der Waals surface area contributed by atoms with Crippen molar-refractivity contribution in [3.8, 4) is 0 Å². The van der Waals surface area contributed by atoms with Gasteiger partial charge in [-0.25, -0.2) is 13.4 Å². The third-order valence-electron chi connectivity index (χ3n) is 2.06. The molecule has 0 fully saturated rings. The fourth-order valence-electron chi connectivity index (χ4n) is 1.28. The van der Waals surface area contributed by atoms with Crippen molar-refractivity contribution in [1.29, 1.82) is 0 Å². The molecular formula is C11H12BrClN2O2S. The zero-order chi connectivity index (χ0) is 13.8. The fraction of sp³-hybridized carbons (Fsp3) is 0.182. The van der Waals surface area contributed by atoms with Gasteiger partial charge in [-0.05, 0) is 22.0 Å². The van der Waals surface area contributed by atoms with E-state index >= 15 is 0 Å². The van der Waals surface area contributed by atoms with Crippen LogP contribution in [0.5, 0.6) is 0 Å². The van der Waals surface area contributed by atoms with Crippen LogP contribution < -0.4 is 0 Å². The van der Waals surface area contributed by atoms with Crippen molar-refractivity contribution < 1.29 is 8.42 Å². The Kier molecular flexibility index (Phi) is 5.52. The van der Waals surface area contributed by atoms with Crippen molar-refractivity contribution in [2.75, 3.05) is 13.1 Å². The Morgan fingerprint density at radius 3 is 2.44 bits per heavy atom. The minimum Gasteiger partial charge on any atom is -0.242 e. The summed E-state index contributed by atoms with van der Waals surface area (Å²) in [6.45, 7) is 7.42. The third-order valence-corrected chi connectivity index (χ3v) is 4.75. The zero-order valence-electron chi connectivity index (χ0n) is 9.51. The molecule has 0 unspecified atom stereocenters. The quantitative estimate of drug-likeness (QED) is 0.585. The highest BCUT2D eigenvalue weighted by Crippen LogP contribution is 2.25. The van der Waals surface area contributed by atoms with E-state index < -0.39 is 10.0 Å². The molecule has 0 N–H and O–H groups in total. The predicted octanol–water partition coefficient (Wildman–Crippen LogP) is 2.86. The van der Waals surface area contributed by atoms with Crippen molar-refractivity contribution in [2.45, 2.75) is 4.90 Å². The summed E-state index contributed by atoms with van der Waals surface area (Å²) in [5, 5.41) is -0.0590. The van der Waals surface area contributed by atoms with Gasteiger partial charge in [-0.1, -0.05) is 23.8 Å². The Morgan fingerprint density at radius 2 is 1.94 bits per heavy atom. The van der Waals surface area contributed by atoms with Crippen molar-refractivity contribution in [3.05, 3.63) is 47.2 Å². The molecule has 0 amide bonds. The fourth-order valence-corrected chi connectivity index (χ4v) is 3.58. The van der Waals surface area contributed by atoms with Gasteiger partial charge in [0.05, 0.1) is 0 Å². The SMILES string of the molecule is C=CCN(CC=C)S(=O)(=O)c1cc(Br)cnc1Cl. The normalized spacial score (nSPS) is 11.5. The first-order valence-electron chi connectivity index (χ1n) is 4.96. The van der Waals surface area contributed by atoms with Crippen molar-refractivity contribution in [2.24, 2.45) is 0 Å². The van der Waals surface area contributed by atoms with Crippen LogP contribution in [0.3, 0.4) is 0 Å². The number of sulfonamides is 1. The Labute approximate surface area is 120 Å². The molecule has 0 aliphatic carbocycles. The number of pyridine rings is 1. The molecule has 0 aliphatic heterocycles. The average molecular weight is 352 g/mol. The van der Waals surface area contributed by atoms with Crippen LogP contribution in [-0.2, 0) is 10.0 Å². The lowest BCUT2D eigenvalue weighted by Gasteiger charge is -2.19. The van der Waals surface area contributed by atoms with Gasteiger partial charge < -0.3 is 0 Å². The Morgan fingerprint density at radius 1 is 1.39 bits per heavy atom. The van der Waals surface area contributed by atoms with Gasteiger partial charge in [-0.3, -0.25) is 0 Å². The van der Waals surface area contributed by atoms with Gasteiger partial charge in [0.2, 0.25) is 10.0 Å². The van der Waals surface area contributed by atoms with Crippen molar-refractivity contribution >= 4 is 37.6 Å². The van der Waals surface area contributed by atoms with Crippen molar-refractivity contribution in [3.63, 3.8) is 0 Å². The molecule has 0 aromatic carbocycles. The molecule has 98 valence electrons. The standard InChI is InChI=1S/C11H12BrClN2O2S/c1-3-5-15(6-4-2)18(16,17)10-7-9(12)8-14-11(10)13/h3-4,7-8H,1-2,5-6H2. The summed E-state index contributed by atoms with van der Waals surface area (Å²) in [5.41, 5.74) is 0. The van der Waals surface area contributed by atoms with E-state index in [1.807, 2.05) is 0 Å². The second-order valence-electron chi connectivity index (χ2n) is 3.34. The summed E-state index contributed by atoms with van der Waals surface area (Å²) in [6.07, 6.45) is 4.44. The molecular weight excluding hydrogens is 340 g/mol. The van der Waals surface area contributed by atoms with Gasteiger partial charge in [0.25, 0.3) is 0 Å². The van der Waals surface area contributed by atoms with Crippen LogP contribution in [0.1, 0.15) is 0 Å². The monoisotopic (exact) mass is 350 g/mol. The van der Waals surface area contributed by atoms with Gasteiger partial charge in [0, 0.05) is 23.8 Å². The van der Waals surface area contributed by atoms with E-state index in [1.165, 1.54) is 28.7 Å². The highest BCUT2D eigenvalue weighted by Gasteiger charge is 2.26. The van der Waals surface area contributed by atoms with E-state index in [9.17, 15) is 8.42 Å². The first-order valence-corrected chi connectivity index (χ1v) is 7.57. The predicted molar refractivity (Wildman–Crippen MR) is 76.1 cm³/mol. The van der Waals surface area contributed by atoms with Gasteiger partial charge in [-0.2, -0.15) is 4.31 Å². The van der Waals surface area contributed by atoms with Crippen LogP contribution >= 0.6 is 27.5 Å². The number of hydrogen-bond acceptors (Lipinski definition) is 3. The van der Waals surface area contributed by atoms with Crippen LogP contribution in [0.25, 0.3) is 0 Å². The lowest BCUT2D eigenvalue weighted by molar-refractivity contribution is 0.474. The smallest absolute Gasteiger partial charge is 0.242 e. The molecule has 1 heterocycles. The van der Waals surface area contributed by atoms with E-state index in [2.05, 4.69) is 34.1 Å². The summed E-state index contributed by atoms with van der Waals surface area (Å²) in [6, 6.07) is 1.42. The lowest BCUT2D eigenvalue weighted by Crippen LogP contribution is -2.31. The molecule has 0 saturated heterocycles. The molecule has 0 atom stereocenters. The second-order valence-corrected chi connectivity index (χ2v) is 6.52. The van der Waals surface area contributed by atoms with E-state index in [0.29, 0.717) is 4.47 Å². The van der Waals surface area contributed by atoms with E-state index in [0.717, 1.165) is 0 Å². The van der Waals surface area contributed by atoms with Crippen LogP contribution in [0, 0.1) is 0 Å². The molecule has 4 nitrogen and oxygen atoms in total. The van der Waals surface area contributed by atoms with Crippen LogP contribution in [0.2, 0.25) is 5.15 Å². The topological polar surface area (TPSA) is 50.3 Å². The Balaban J connectivity index is 3.29. The molecule has 7 heteroatoms. The van der Waals surface area contributed by atoms with Gasteiger partial charge >= 0.3 is 0 Å². The molecule has 1 aromatic rings. The first-order chi connectivity index (χ1) is 8.43. The number of halogens is 2. The molecule has 1 aromatic heterocycles. The summed E-state index contributed by atoms with van der Waals surface area (Å²) >= 11 is 9.01. The van der Waals surface area contributed by atoms with Gasteiger partial charge in [0.1, 0.15) is 10.0 Å². The number of aromatic nitrogens is 1. The van der Waals surface area contributed by atoms with Crippen LogP contribution in [0.4, 0.5) is 0 Å². The highest BCUT2D eigenvalue weighted by molar-refractivity contribution is 9.10. The van der Waals surface area contributed by atoms with E-state index in [4.69, 9.17) is 11.6 Å². The largest absolute Gasteiger partial charge is 0.246 e. The summed E-state index contributed by atoms with van der Waals surface area (Å²) in [7, 11) is -3.71. The van der Waals surface area contributed by atoms with Gasteiger partial charge in [-0.15, -0.1) is 13.2 Å². The number of rotatable bonds is 6. The molecule has 0 spiro atoms. The summed E-state index contributed by atoms with van der Waals surface area (Å²) < 4.78 is 26.5. The number of hydrogen-bond donors (Lipinski definition) is 0. The molecule has 0 saturated carbocycles. The van der Waals surface area contributed by atoms with Crippen molar-refractivity contribution in [1.82, 2.24) is 9.29 Å². The maximum atomic E-state index is 12.4. The van der Waals surface area contributed by atoms with Crippen LogP contribution in [-0.4, -0.2) is 30.8 Å². The summed E-state index contributed by atoms with van der Waals surface area (Å²) in [4.78, 5) is 3.77. The van der Waals surface area contributed by atoms with E-state index in [1.54, 1.807) is 0 Å². The van der Waals surface area contributed by atoms with E-state index in [-0.39, 0.29) is 23.1 Å². The summed E-state index contributed by atoms with van der Waals surface area (Å²) in [5.74, 6) is 0. The minimum absolute atomic E-state index is 0.0396. The molecule has 0 aliphatic rings. The highest BCUT2D eigenvalue weighted by atomic mass is 79.9. The minimum atomic E-state index is -3.71. The molecule has 1 rings (SSSR count). The maximum absolute atomic E-state index is 12.4. The zero-order valence-corrected chi connectivity index (χ0v) is 12.7. The van der Waals surface area contributed by atoms with Crippen LogP contribution in [0.15, 0.2) is 46.9 Å². The average Bonchev–Trinajstić information content (AvgIpc) is 2.32. The second kappa shape index (κ2) is 6.47. The third kappa shape index (κ3) is 3.41.